The highest BCUT2D eigenvalue weighted by atomic mass is 16.5. The lowest BCUT2D eigenvalue weighted by Gasteiger charge is -2.10. The summed E-state index contributed by atoms with van der Waals surface area (Å²) in [5.41, 5.74) is 4.12. The van der Waals surface area contributed by atoms with Gasteiger partial charge in [-0.15, -0.1) is 0 Å². The van der Waals surface area contributed by atoms with Crippen molar-refractivity contribution in [3.8, 4) is 5.69 Å². The summed E-state index contributed by atoms with van der Waals surface area (Å²) in [4.78, 5) is 28.0. The van der Waals surface area contributed by atoms with Gasteiger partial charge in [0.05, 0.1) is 11.0 Å². The molecule has 5 rings (SSSR count). The van der Waals surface area contributed by atoms with Crippen molar-refractivity contribution in [1.29, 1.82) is 0 Å². The maximum atomic E-state index is 13.5. The second-order valence-electron chi connectivity index (χ2n) is 7.22. The second kappa shape index (κ2) is 7.35. The van der Waals surface area contributed by atoms with Crippen LogP contribution in [0.1, 0.15) is 12.2 Å². The average molecular weight is 399 g/mol. The van der Waals surface area contributed by atoms with Gasteiger partial charge in [0.1, 0.15) is 16.7 Å². The molecular weight excluding hydrogens is 378 g/mol. The zero-order valence-corrected chi connectivity index (χ0v) is 16.9. The number of rotatable bonds is 5. The fourth-order valence-corrected chi connectivity index (χ4v) is 3.88. The molecule has 2 aromatic carbocycles. The highest BCUT2D eigenvalue weighted by Gasteiger charge is 2.21. The van der Waals surface area contributed by atoms with Crippen molar-refractivity contribution in [1.82, 2.24) is 24.1 Å². The molecule has 3 aromatic heterocycles. The summed E-state index contributed by atoms with van der Waals surface area (Å²) >= 11 is 0. The Morgan fingerprint density at radius 3 is 2.33 bits per heavy atom. The van der Waals surface area contributed by atoms with Crippen molar-refractivity contribution in [3.63, 3.8) is 0 Å². The third-order valence-electron chi connectivity index (χ3n) is 5.30. The summed E-state index contributed by atoms with van der Waals surface area (Å²) in [6, 6.07) is 17.5. The van der Waals surface area contributed by atoms with Crippen LogP contribution in [0, 0.1) is 6.92 Å². The van der Waals surface area contributed by atoms with E-state index in [0.29, 0.717) is 41.2 Å². The molecule has 0 amide bonds. The van der Waals surface area contributed by atoms with E-state index in [2.05, 4.69) is 0 Å². The number of hydrogen-bond donors (Lipinski definition) is 0. The van der Waals surface area contributed by atoms with Crippen LogP contribution >= 0.6 is 0 Å². The lowest BCUT2D eigenvalue weighted by molar-refractivity contribution is 0.189. The Hall–Kier alpha value is -3.58. The monoisotopic (exact) mass is 399 g/mol. The van der Waals surface area contributed by atoms with Crippen LogP contribution in [0.2, 0.25) is 0 Å². The first-order chi connectivity index (χ1) is 14.7. The smallest absolute Gasteiger partial charge is 0.265 e. The fourth-order valence-electron chi connectivity index (χ4n) is 3.88. The minimum absolute atomic E-state index is 0.0992. The first-order valence-corrected chi connectivity index (χ1v) is 9.91. The van der Waals surface area contributed by atoms with Crippen LogP contribution in [0.3, 0.4) is 0 Å². The Bertz CT molecular complexity index is 1440. The van der Waals surface area contributed by atoms with Crippen molar-refractivity contribution < 1.29 is 4.74 Å². The van der Waals surface area contributed by atoms with Gasteiger partial charge in [0.15, 0.2) is 11.3 Å². The van der Waals surface area contributed by atoms with Crippen LogP contribution in [0.25, 0.3) is 38.9 Å². The minimum Gasteiger partial charge on any atom is -0.385 e. The predicted octanol–water partition coefficient (Wildman–Crippen LogP) is 3.63. The molecule has 0 radical (unpaired) electrons. The van der Waals surface area contributed by atoms with Crippen molar-refractivity contribution in [2.24, 2.45) is 0 Å². The topological polar surface area (TPSA) is 74.8 Å². The van der Waals surface area contributed by atoms with Crippen LogP contribution in [-0.2, 0) is 11.3 Å². The molecule has 0 bridgehead atoms. The number of para-hydroxylation sites is 3. The molecule has 0 spiro atoms. The Balaban J connectivity index is 1.91. The Morgan fingerprint density at radius 1 is 0.900 bits per heavy atom. The molecule has 0 fully saturated rings. The molecule has 0 aliphatic heterocycles. The number of aromatic nitrogens is 5. The highest BCUT2D eigenvalue weighted by Crippen LogP contribution is 2.28. The van der Waals surface area contributed by atoms with E-state index in [0.717, 1.165) is 23.1 Å². The molecular formula is C23H21N5O2. The Kier molecular flexibility index (Phi) is 4.52. The van der Waals surface area contributed by atoms with Crippen molar-refractivity contribution in [2.75, 3.05) is 13.7 Å². The van der Waals surface area contributed by atoms with Crippen LogP contribution in [-0.4, -0.2) is 37.8 Å². The molecule has 0 aliphatic rings. The minimum atomic E-state index is -0.0992. The lowest BCUT2D eigenvalue weighted by Crippen LogP contribution is -2.24. The Labute approximate surface area is 172 Å². The normalized spacial score (nSPS) is 11.7. The molecule has 30 heavy (non-hydrogen) atoms. The summed E-state index contributed by atoms with van der Waals surface area (Å²) in [5.74, 6) is 0.660. The number of nitrogens with zero attached hydrogens (tertiary/aromatic N) is 5. The third kappa shape index (κ3) is 2.86. The van der Waals surface area contributed by atoms with Gasteiger partial charge in [-0.05, 0) is 37.6 Å². The van der Waals surface area contributed by atoms with E-state index in [1.165, 1.54) is 0 Å². The first kappa shape index (κ1) is 18.4. The van der Waals surface area contributed by atoms with Gasteiger partial charge in [0.2, 0.25) is 0 Å². The molecule has 3 heterocycles. The largest absolute Gasteiger partial charge is 0.385 e. The number of methoxy groups -OCH3 is 1. The van der Waals surface area contributed by atoms with E-state index >= 15 is 0 Å². The molecule has 0 unspecified atom stereocenters. The van der Waals surface area contributed by atoms with Gasteiger partial charge in [-0.2, -0.15) is 0 Å². The van der Waals surface area contributed by atoms with E-state index in [4.69, 9.17) is 19.7 Å². The standard InChI is InChI=1S/C23H21N5O2/c1-15-24-21-19(23(29)27(15)13-8-14-30-2)20-22(28(21)16-9-4-3-5-10-16)26-18-12-7-6-11-17(18)25-20/h3-7,9-12H,8,13-14H2,1-2H3. The molecule has 0 aliphatic carbocycles. The maximum absolute atomic E-state index is 13.5. The summed E-state index contributed by atoms with van der Waals surface area (Å²) in [6.45, 7) is 2.98. The van der Waals surface area contributed by atoms with Gasteiger partial charge in [0.25, 0.3) is 5.56 Å². The molecule has 0 atom stereocenters. The Morgan fingerprint density at radius 2 is 1.60 bits per heavy atom. The zero-order chi connectivity index (χ0) is 20.7. The highest BCUT2D eigenvalue weighted by molar-refractivity contribution is 6.05. The van der Waals surface area contributed by atoms with Crippen LogP contribution < -0.4 is 5.56 Å². The van der Waals surface area contributed by atoms with E-state index in [1.807, 2.05) is 66.1 Å². The van der Waals surface area contributed by atoms with E-state index in [9.17, 15) is 4.79 Å². The third-order valence-corrected chi connectivity index (χ3v) is 5.30. The van der Waals surface area contributed by atoms with E-state index < -0.39 is 0 Å². The fraction of sp³-hybridized carbons (Fsp3) is 0.217. The average Bonchev–Trinajstić information content (AvgIpc) is 3.07. The van der Waals surface area contributed by atoms with Gasteiger partial charge >= 0.3 is 0 Å². The van der Waals surface area contributed by atoms with Crippen molar-refractivity contribution in [3.05, 3.63) is 70.8 Å². The number of ether oxygens (including phenoxy) is 1. The van der Waals surface area contributed by atoms with Crippen LogP contribution in [0.15, 0.2) is 59.4 Å². The van der Waals surface area contributed by atoms with E-state index in [-0.39, 0.29) is 5.56 Å². The molecule has 0 saturated heterocycles. The van der Waals surface area contributed by atoms with Crippen molar-refractivity contribution >= 4 is 33.2 Å². The predicted molar refractivity (Wildman–Crippen MR) is 117 cm³/mol. The first-order valence-electron chi connectivity index (χ1n) is 9.91. The maximum Gasteiger partial charge on any atom is 0.265 e. The van der Waals surface area contributed by atoms with Crippen molar-refractivity contribution in [2.45, 2.75) is 19.9 Å². The van der Waals surface area contributed by atoms with Gasteiger partial charge in [0, 0.05) is 25.9 Å². The summed E-state index contributed by atoms with van der Waals surface area (Å²) in [6.07, 6.45) is 0.733. The molecule has 7 nitrogen and oxygen atoms in total. The second-order valence-corrected chi connectivity index (χ2v) is 7.22. The number of fused-ring (bicyclic) bond motifs is 4. The lowest BCUT2D eigenvalue weighted by atomic mass is 10.3. The van der Waals surface area contributed by atoms with Gasteiger partial charge in [-0.3, -0.25) is 13.9 Å². The molecule has 7 heteroatoms. The summed E-state index contributed by atoms with van der Waals surface area (Å²) in [5, 5.41) is 0.495. The van der Waals surface area contributed by atoms with Crippen LogP contribution in [0.4, 0.5) is 0 Å². The summed E-state index contributed by atoms with van der Waals surface area (Å²) < 4.78 is 8.78. The van der Waals surface area contributed by atoms with Crippen LogP contribution in [0.5, 0.6) is 0 Å². The van der Waals surface area contributed by atoms with Gasteiger partial charge < -0.3 is 4.74 Å². The van der Waals surface area contributed by atoms with Gasteiger partial charge in [-0.1, -0.05) is 30.3 Å². The summed E-state index contributed by atoms with van der Waals surface area (Å²) in [7, 11) is 1.66. The van der Waals surface area contributed by atoms with E-state index in [1.54, 1.807) is 11.7 Å². The molecule has 150 valence electrons. The molecule has 0 saturated carbocycles. The SMILES string of the molecule is COCCCn1c(C)nc2c(c1=O)c1nc3ccccc3nc1n2-c1ccccc1. The number of aryl methyl sites for hydroxylation is 1. The molecule has 0 N–H and O–H groups in total. The molecule has 5 aromatic rings. The number of hydrogen-bond acceptors (Lipinski definition) is 5. The quantitative estimate of drug-likeness (QED) is 0.422. The zero-order valence-electron chi connectivity index (χ0n) is 16.9. The number of benzene rings is 2. The van der Waals surface area contributed by atoms with Gasteiger partial charge in [-0.25, -0.2) is 15.0 Å².